The van der Waals surface area contributed by atoms with Crippen molar-refractivity contribution in [1.29, 1.82) is 0 Å². The smallest absolute Gasteiger partial charge is 0.227 e. The van der Waals surface area contributed by atoms with Crippen molar-refractivity contribution in [2.24, 2.45) is 0 Å². The minimum Gasteiger partial charge on any atom is -0.358 e. The number of para-hydroxylation sites is 1. The molecule has 0 saturated heterocycles. The van der Waals surface area contributed by atoms with Crippen molar-refractivity contribution in [3.63, 3.8) is 0 Å². The van der Waals surface area contributed by atoms with Crippen LogP contribution in [0.2, 0.25) is 0 Å². The van der Waals surface area contributed by atoms with Crippen LogP contribution >= 0.6 is 0 Å². The van der Waals surface area contributed by atoms with Crippen LogP contribution in [0.1, 0.15) is 35.3 Å². The van der Waals surface area contributed by atoms with E-state index in [0.717, 1.165) is 39.7 Å². The average Bonchev–Trinajstić information content (AvgIpc) is 2.91. The normalized spacial score (nSPS) is 16.9. The Morgan fingerprint density at radius 3 is 2.92 bits per heavy atom. The number of aromatic amines is 1. The molecule has 2 heterocycles. The largest absolute Gasteiger partial charge is 0.358 e. The fraction of sp³-hybridized carbons (Fsp3) is 0.286. The quantitative estimate of drug-likeness (QED) is 0.744. The van der Waals surface area contributed by atoms with Gasteiger partial charge in [0.05, 0.1) is 12.5 Å². The van der Waals surface area contributed by atoms with Crippen LogP contribution < -0.4 is 0 Å². The highest BCUT2D eigenvalue weighted by atomic mass is 19.1. The van der Waals surface area contributed by atoms with Crippen LogP contribution in [0, 0.1) is 12.7 Å². The van der Waals surface area contributed by atoms with Crippen LogP contribution in [0.4, 0.5) is 4.39 Å². The molecule has 0 saturated carbocycles. The maximum absolute atomic E-state index is 13.6. The van der Waals surface area contributed by atoms with Crippen LogP contribution in [0.5, 0.6) is 0 Å². The lowest BCUT2D eigenvalue weighted by molar-refractivity contribution is -0.133. The Kier molecular flexibility index (Phi) is 3.83. The van der Waals surface area contributed by atoms with Gasteiger partial charge in [-0.25, -0.2) is 4.39 Å². The van der Waals surface area contributed by atoms with Gasteiger partial charge in [-0.2, -0.15) is 0 Å². The highest BCUT2D eigenvalue weighted by Gasteiger charge is 2.28. The van der Waals surface area contributed by atoms with Gasteiger partial charge in [-0.3, -0.25) is 4.79 Å². The van der Waals surface area contributed by atoms with Crippen LogP contribution in [0.25, 0.3) is 10.9 Å². The maximum atomic E-state index is 13.6. The highest BCUT2D eigenvalue weighted by Crippen LogP contribution is 2.31. The average molecular weight is 336 g/mol. The fourth-order valence-corrected chi connectivity index (χ4v) is 3.94. The van der Waals surface area contributed by atoms with E-state index in [4.69, 9.17) is 0 Å². The Bertz CT molecular complexity index is 960. The Morgan fingerprint density at radius 2 is 2.08 bits per heavy atom. The van der Waals surface area contributed by atoms with E-state index in [1.807, 2.05) is 49.1 Å². The Labute approximate surface area is 146 Å². The number of benzene rings is 2. The summed E-state index contributed by atoms with van der Waals surface area (Å²) in [5, 5.41) is 1.10. The first kappa shape index (κ1) is 15.9. The van der Waals surface area contributed by atoms with E-state index in [0.29, 0.717) is 13.0 Å². The van der Waals surface area contributed by atoms with Gasteiger partial charge in [-0.05, 0) is 55.2 Å². The summed E-state index contributed by atoms with van der Waals surface area (Å²) < 4.78 is 13.6. The van der Waals surface area contributed by atoms with E-state index in [9.17, 15) is 9.18 Å². The number of rotatable bonds is 2. The molecule has 4 heteroatoms. The molecule has 0 bridgehead atoms. The van der Waals surface area contributed by atoms with E-state index in [-0.39, 0.29) is 17.8 Å². The van der Waals surface area contributed by atoms with Crippen LogP contribution in [-0.4, -0.2) is 22.3 Å². The van der Waals surface area contributed by atoms with Gasteiger partial charge in [0, 0.05) is 23.1 Å². The predicted octanol–water partition coefficient (Wildman–Crippen LogP) is 4.30. The Morgan fingerprint density at radius 1 is 1.28 bits per heavy atom. The summed E-state index contributed by atoms with van der Waals surface area (Å²) in [7, 11) is 0. The molecule has 1 aromatic heterocycles. The molecule has 1 amide bonds. The number of nitrogens with one attached hydrogen (secondary N) is 1. The molecule has 128 valence electrons. The molecule has 3 aromatic rings. The molecule has 0 aliphatic carbocycles. The molecule has 1 aliphatic rings. The first-order chi connectivity index (χ1) is 12.0. The number of halogens is 1. The molecule has 1 N–H and O–H groups in total. The minimum atomic E-state index is -0.243. The Balaban J connectivity index is 1.62. The van der Waals surface area contributed by atoms with Crippen molar-refractivity contribution in [2.75, 3.05) is 6.54 Å². The summed E-state index contributed by atoms with van der Waals surface area (Å²) in [5.41, 5.74) is 5.21. The van der Waals surface area contributed by atoms with Crippen molar-refractivity contribution >= 4 is 16.8 Å². The number of carbonyl (C=O) groups excluding carboxylic acids is 1. The molecule has 1 unspecified atom stereocenters. The van der Waals surface area contributed by atoms with Gasteiger partial charge >= 0.3 is 0 Å². The van der Waals surface area contributed by atoms with Crippen molar-refractivity contribution in [2.45, 2.75) is 32.7 Å². The molecule has 3 nitrogen and oxygen atoms in total. The number of carbonyl (C=O) groups is 1. The lowest BCUT2D eigenvalue weighted by Crippen LogP contribution is -2.39. The number of aryl methyl sites for hydroxylation is 1. The number of fused-ring (bicyclic) bond motifs is 2. The van der Waals surface area contributed by atoms with Crippen molar-refractivity contribution in [3.05, 3.63) is 70.7 Å². The first-order valence-electron chi connectivity index (χ1n) is 8.68. The number of amides is 1. The van der Waals surface area contributed by atoms with E-state index >= 15 is 0 Å². The molecule has 25 heavy (non-hydrogen) atoms. The molecule has 0 fully saturated rings. The van der Waals surface area contributed by atoms with Crippen LogP contribution in [0.15, 0.2) is 42.5 Å². The second-order valence-corrected chi connectivity index (χ2v) is 6.81. The second-order valence-electron chi connectivity index (χ2n) is 6.81. The first-order valence-corrected chi connectivity index (χ1v) is 8.68. The Hall–Kier alpha value is -2.62. The lowest BCUT2D eigenvalue weighted by atomic mass is 9.93. The standard InChI is InChI=1S/C21H21FN2O/c1-13-18(17-5-3-4-6-20(17)23-13)12-21(25)24-10-9-15-7-8-16(22)11-19(15)14(24)2/h3-8,11,14,23H,9-10,12H2,1-2H3. The van der Waals surface area contributed by atoms with E-state index in [2.05, 4.69) is 4.98 Å². The third-order valence-electron chi connectivity index (χ3n) is 5.32. The van der Waals surface area contributed by atoms with E-state index < -0.39 is 0 Å². The zero-order chi connectivity index (χ0) is 17.6. The summed E-state index contributed by atoms with van der Waals surface area (Å²) >= 11 is 0. The predicted molar refractivity (Wildman–Crippen MR) is 97.0 cm³/mol. The molecule has 1 aliphatic heterocycles. The van der Waals surface area contributed by atoms with Crippen LogP contribution in [-0.2, 0) is 17.6 Å². The monoisotopic (exact) mass is 336 g/mol. The second kappa shape index (κ2) is 6.03. The summed E-state index contributed by atoms with van der Waals surface area (Å²) in [5.74, 6) is -0.150. The summed E-state index contributed by atoms with van der Waals surface area (Å²) in [6.07, 6.45) is 1.14. The number of aromatic nitrogens is 1. The minimum absolute atomic E-state index is 0.0928. The number of hydrogen-bond donors (Lipinski definition) is 1. The summed E-state index contributed by atoms with van der Waals surface area (Å²) in [6.45, 7) is 4.67. The molecule has 0 spiro atoms. The van der Waals surface area contributed by atoms with Crippen molar-refractivity contribution < 1.29 is 9.18 Å². The molecule has 1 atom stereocenters. The molecule has 4 rings (SSSR count). The van der Waals surface area contributed by atoms with Gasteiger partial charge < -0.3 is 9.88 Å². The van der Waals surface area contributed by atoms with Crippen molar-refractivity contribution in [1.82, 2.24) is 9.88 Å². The van der Waals surface area contributed by atoms with Gasteiger partial charge in [0.1, 0.15) is 5.82 Å². The third-order valence-corrected chi connectivity index (χ3v) is 5.32. The molecule has 0 radical (unpaired) electrons. The van der Waals surface area contributed by atoms with Gasteiger partial charge in [0.2, 0.25) is 5.91 Å². The van der Waals surface area contributed by atoms with Gasteiger partial charge in [-0.1, -0.05) is 24.3 Å². The highest BCUT2D eigenvalue weighted by molar-refractivity contribution is 5.90. The molecular weight excluding hydrogens is 315 g/mol. The van der Waals surface area contributed by atoms with E-state index in [1.165, 1.54) is 6.07 Å². The van der Waals surface area contributed by atoms with Gasteiger partial charge in [0.25, 0.3) is 0 Å². The third kappa shape index (κ3) is 2.72. The number of hydrogen-bond acceptors (Lipinski definition) is 1. The van der Waals surface area contributed by atoms with E-state index in [1.54, 1.807) is 6.07 Å². The maximum Gasteiger partial charge on any atom is 0.227 e. The van der Waals surface area contributed by atoms with Gasteiger partial charge in [0.15, 0.2) is 0 Å². The zero-order valence-corrected chi connectivity index (χ0v) is 14.5. The zero-order valence-electron chi connectivity index (χ0n) is 14.5. The SMILES string of the molecule is Cc1[nH]c2ccccc2c1CC(=O)N1CCc2ccc(F)cc2C1C. The fourth-order valence-electron chi connectivity index (χ4n) is 3.94. The van der Waals surface area contributed by atoms with Crippen molar-refractivity contribution in [3.8, 4) is 0 Å². The summed E-state index contributed by atoms with van der Waals surface area (Å²) in [6, 6.07) is 12.9. The molecular formula is C21H21FN2O. The van der Waals surface area contributed by atoms with Gasteiger partial charge in [-0.15, -0.1) is 0 Å². The summed E-state index contributed by atoms with van der Waals surface area (Å²) in [4.78, 5) is 18.2. The topological polar surface area (TPSA) is 36.1 Å². The molecule has 2 aromatic carbocycles. The van der Waals surface area contributed by atoms with Crippen LogP contribution in [0.3, 0.4) is 0 Å². The number of nitrogens with zero attached hydrogens (tertiary/aromatic N) is 1. The number of H-pyrrole nitrogens is 1. The lowest BCUT2D eigenvalue weighted by Gasteiger charge is -2.35.